The van der Waals surface area contributed by atoms with E-state index in [-0.39, 0.29) is 6.04 Å². The average molecular weight is 251 g/mol. The normalized spacial score (nSPS) is 12.4. The van der Waals surface area contributed by atoms with Crippen LogP contribution in [0.3, 0.4) is 0 Å². The van der Waals surface area contributed by atoms with Gasteiger partial charge in [0.1, 0.15) is 5.75 Å². The summed E-state index contributed by atoms with van der Waals surface area (Å²) in [5.41, 5.74) is 1.19. The lowest BCUT2D eigenvalue weighted by Crippen LogP contribution is -2.23. The molecule has 3 nitrogen and oxygen atoms in total. The summed E-state index contributed by atoms with van der Waals surface area (Å²) in [4.78, 5) is 0. The minimum absolute atomic E-state index is 0.274. The van der Waals surface area contributed by atoms with E-state index in [1.807, 2.05) is 18.2 Å². The van der Waals surface area contributed by atoms with Gasteiger partial charge in [-0.05, 0) is 19.4 Å². The maximum Gasteiger partial charge on any atom is 0.123 e. The van der Waals surface area contributed by atoms with Crippen molar-refractivity contribution >= 4 is 0 Å². The molecule has 3 heteroatoms. The molecule has 0 saturated heterocycles. The van der Waals surface area contributed by atoms with Crippen LogP contribution in [-0.2, 0) is 4.74 Å². The SMILES string of the molecule is CCCCOCCN[C@H](C)c1ccccc1OC. The molecule has 1 N–H and O–H groups in total. The molecule has 1 aromatic rings. The first kappa shape index (κ1) is 15.0. The molecule has 0 aliphatic heterocycles. The van der Waals surface area contributed by atoms with Crippen LogP contribution in [0.15, 0.2) is 24.3 Å². The lowest BCUT2D eigenvalue weighted by atomic mass is 10.1. The molecule has 0 spiro atoms. The smallest absolute Gasteiger partial charge is 0.123 e. The highest BCUT2D eigenvalue weighted by molar-refractivity contribution is 5.35. The second-order valence-corrected chi connectivity index (χ2v) is 4.38. The van der Waals surface area contributed by atoms with E-state index < -0.39 is 0 Å². The van der Waals surface area contributed by atoms with E-state index in [1.165, 1.54) is 12.0 Å². The zero-order chi connectivity index (χ0) is 13.2. The maximum atomic E-state index is 5.52. The van der Waals surface area contributed by atoms with Crippen LogP contribution >= 0.6 is 0 Å². The molecule has 0 saturated carbocycles. The topological polar surface area (TPSA) is 30.5 Å². The molecule has 0 aliphatic carbocycles. The molecule has 0 radical (unpaired) electrons. The molecular weight excluding hydrogens is 226 g/mol. The minimum atomic E-state index is 0.274. The van der Waals surface area contributed by atoms with E-state index in [0.29, 0.717) is 0 Å². The van der Waals surface area contributed by atoms with Gasteiger partial charge in [0.05, 0.1) is 13.7 Å². The Balaban J connectivity index is 2.29. The van der Waals surface area contributed by atoms with Crippen LogP contribution < -0.4 is 10.1 Å². The van der Waals surface area contributed by atoms with Gasteiger partial charge in [-0.15, -0.1) is 0 Å². The predicted octanol–water partition coefficient (Wildman–Crippen LogP) is 3.16. The number of hydrogen-bond acceptors (Lipinski definition) is 3. The fourth-order valence-electron chi connectivity index (χ4n) is 1.83. The van der Waals surface area contributed by atoms with E-state index in [4.69, 9.17) is 9.47 Å². The highest BCUT2D eigenvalue weighted by atomic mass is 16.5. The minimum Gasteiger partial charge on any atom is -0.496 e. The summed E-state index contributed by atoms with van der Waals surface area (Å²) in [7, 11) is 1.71. The Hall–Kier alpha value is -1.06. The Labute approximate surface area is 110 Å². The number of hydrogen-bond donors (Lipinski definition) is 1. The number of benzene rings is 1. The van der Waals surface area contributed by atoms with Gasteiger partial charge in [-0.3, -0.25) is 0 Å². The van der Waals surface area contributed by atoms with Crippen molar-refractivity contribution in [2.75, 3.05) is 26.9 Å². The van der Waals surface area contributed by atoms with Gasteiger partial charge in [0.15, 0.2) is 0 Å². The van der Waals surface area contributed by atoms with E-state index in [0.717, 1.165) is 31.9 Å². The molecule has 102 valence electrons. The monoisotopic (exact) mass is 251 g/mol. The summed E-state index contributed by atoms with van der Waals surface area (Å²) < 4.78 is 10.9. The van der Waals surface area contributed by atoms with Crippen LogP contribution in [0.5, 0.6) is 5.75 Å². The van der Waals surface area contributed by atoms with Crippen molar-refractivity contribution < 1.29 is 9.47 Å². The summed E-state index contributed by atoms with van der Waals surface area (Å²) in [5.74, 6) is 0.935. The Morgan fingerprint density at radius 2 is 2.00 bits per heavy atom. The summed E-state index contributed by atoms with van der Waals surface area (Å²) in [6, 6.07) is 8.38. The van der Waals surface area contributed by atoms with E-state index in [1.54, 1.807) is 7.11 Å². The molecule has 1 atom stereocenters. The summed E-state index contributed by atoms with van der Waals surface area (Å²) >= 11 is 0. The summed E-state index contributed by atoms with van der Waals surface area (Å²) in [6.45, 7) is 6.80. The number of methoxy groups -OCH3 is 1. The molecule has 18 heavy (non-hydrogen) atoms. The highest BCUT2D eigenvalue weighted by Crippen LogP contribution is 2.23. The van der Waals surface area contributed by atoms with Gasteiger partial charge in [0.2, 0.25) is 0 Å². The van der Waals surface area contributed by atoms with Crippen molar-refractivity contribution in [3.8, 4) is 5.75 Å². The van der Waals surface area contributed by atoms with Crippen LogP contribution in [0, 0.1) is 0 Å². The van der Waals surface area contributed by atoms with Crippen molar-refractivity contribution in [3.63, 3.8) is 0 Å². The molecule has 1 rings (SSSR count). The van der Waals surface area contributed by atoms with Crippen LogP contribution in [0.2, 0.25) is 0 Å². The first-order valence-corrected chi connectivity index (χ1v) is 6.73. The molecule has 0 heterocycles. The Morgan fingerprint density at radius 1 is 1.22 bits per heavy atom. The number of nitrogens with one attached hydrogen (secondary N) is 1. The molecule has 0 aromatic heterocycles. The van der Waals surface area contributed by atoms with Crippen molar-refractivity contribution in [3.05, 3.63) is 29.8 Å². The van der Waals surface area contributed by atoms with Crippen molar-refractivity contribution in [2.24, 2.45) is 0 Å². The van der Waals surface area contributed by atoms with Crippen LogP contribution in [-0.4, -0.2) is 26.9 Å². The van der Waals surface area contributed by atoms with Crippen molar-refractivity contribution in [2.45, 2.75) is 32.7 Å². The molecule has 0 fully saturated rings. The van der Waals surface area contributed by atoms with Crippen LogP contribution in [0.25, 0.3) is 0 Å². The molecule has 0 amide bonds. The van der Waals surface area contributed by atoms with Crippen molar-refractivity contribution in [1.82, 2.24) is 5.32 Å². The molecule has 0 unspecified atom stereocenters. The first-order chi connectivity index (χ1) is 8.79. The molecular formula is C15H25NO2. The standard InChI is InChI=1S/C15H25NO2/c1-4-5-11-18-12-10-16-13(2)14-8-6-7-9-15(14)17-3/h6-9,13,16H,4-5,10-12H2,1-3H3/t13-/m1/s1. The summed E-state index contributed by atoms with van der Waals surface area (Å²) in [6.07, 6.45) is 2.33. The Bertz CT molecular complexity index is 328. The largest absolute Gasteiger partial charge is 0.496 e. The zero-order valence-electron chi connectivity index (χ0n) is 11.7. The summed E-state index contributed by atoms with van der Waals surface area (Å²) in [5, 5.41) is 3.45. The van der Waals surface area contributed by atoms with Gasteiger partial charge in [-0.25, -0.2) is 0 Å². The molecule has 0 aliphatic rings. The Kier molecular flexibility index (Phi) is 7.46. The fourth-order valence-corrected chi connectivity index (χ4v) is 1.83. The van der Waals surface area contributed by atoms with Gasteiger partial charge < -0.3 is 14.8 Å². The van der Waals surface area contributed by atoms with Gasteiger partial charge in [-0.2, -0.15) is 0 Å². The second-order valence-electron chi connectivity index (χ2n) is 4.38. The number of ether oxygens (including phenoxy) is 2. The average Bonchev–Trinajstić information content (AvgIpc) is 2.42. The fraction of sp³-hybridized carbons (Fsp3) is 0.600. The Morgan fingerprint density at radius 3 is 2.72 bits per heavy atom. The third kappa shape index (κ3) is 5.07. The van der Waals surface area contributed by atoms with Gasteiger partial charge in [0, 0.05) is 24.8 Å². The quantitative estimate of drug-likeness (QED) is 0.684. The van der Waals surface area contributed by atoms with Crippen molar-refractivity contribution in [1.29, 1.82) is 0 Å². The predicted molar refractivity (Wildman–Crippen MR) is 75.1 cm³/mol. The van der Waals surface area contributed by atoms with E-state index >= 15 is 0 Å². The van der Waals surface area contributed by atoms with Crippen LogP contribution in [0.1, 0.15) is 38.3 Å². The second kappa shape index (κ2) is 8.95. The lowest BCUT2D eigenvalue weighted by Gasteiger charge is -2.17. The highest BCUT2D eigenvalue weighted by Gasteiger charge is 2.09. The molecule has 0 bridgehead atoms. The van der Waals surface area contributed by atoms with Crippen LogP contribution in [0.4, 0.5) is 0 Å². The van der Waals surface area contributed by atoms with Gasteiger partial charge >= 0.3 is 0 Å². The van der Waals surface area contributed by atoms with E-state index in [2.05, 4.69) is 25.2 Å². The lowest BCUT2D eigenvalue weighted by molar-refractivity contribution is 0.131. The zero-order valence-corrected chi connectivity index (χ0v) is 11.7. The van der Waals surface area contributed by atoms with E-state index in [9.17, 15) is 0 Å². The van der Waals surface area contributed by atoms with Gasteiger partial charge in [0.25, 0.3) is 0 Å². The number of para-hydroxylation sites is 1. The third-order valence-corrected chi connectivity index (χ3v) is 2.94. The number of rotatable bonds is 9. The maximum absolute atomic E-state index is 5.52. The third-order valence-electron chi connectivity index (χ3n) is 2.94. The first-order valence-electron chi connectivity index (χ1n) is 6.73. The van der Waals surface area contributed by atoms with Gasteiger partial charge in [-0.1, -0.05) is 31.5 Å². The number of unbranched alkanes of at least 4 members (excludes halogenated alkanes) is 1. The molecule has 1 aromatic carbocycles.